The third-order valence-electron chi connectivity index (χ3n) is 6.35. The number of hydrogen-bond donors (Lipinski definition) is 2. The quantitative estimate of drug-likeness (QED) is 0.632. The molecule has 5 rings (SSSR count). The normalized spacial score (nSPS) is 17.3. The van der Waals surface area contributed by atoms with Crippen molar-refractivity contribution in [3.63, 3.8) is 0 Å². The summed E-state index contributed by atoms with van der Waals surface area (Å²) in [5, 5.41) is 12.7. The van der Waals surface area contributed by atoms with Crippen LogP contribution in [0.2, 0.25) is 0 Å². The van der Waals surface area contributed by atoms with Crippen molar-refractivity contribution in [2.75, 3.05) is 23.3 Å². The third kappa shape index (κ3) is 3.41. The van der Waals surface area contributed by atoms with E-state index in [1.807, 2.05) is 0 Å². The van der Waals surface area contributed by atoms with E-state index in [0.29, 0.717) is 18.2 Å². The highest BCUT2D eigenvalue weighted by Gasteiger charge is 2.24. The van der Waals surface area contributed by atoms with Crippen LogP contribution in [0.4, 0.5) is 17.1 Å². The van der Waals surface area contributed by atoms with E-state index in [-0.39, 0.29) is 5.56 Å². The first-order valence-electron chi connectivity index (χ1n) is 10.6. The maximum Gasteiger partial charge on any atom is 0.337 e. The van der Waals surface area contributed by atoms with Crippen molar-refractivity contribution in [3.8, 4) is 0 Å². The molecule has 0 saturated heterocycles. The first kappa shape index (κ1) is 18.7. The van der Waals surface area contributed by atoms with E-state index in [1.54, 1.807) is 12.3 Å². The molecule has 0 bridgehead atoms. The number of carbonyl (C=O) groups is 1. The largest absolute Gasteiger partial charge is 0.478 e. The van der Waals surface area contributed by atoms with E-state index in [4.69, 9.17) is 0 Å². The lowest BCUT2D eigenvalue weighted by Crippen LogP contribution is -2.20. The number of aromatic nitrogens is 1. The molecule has 5 heteroatoms. The van der Waals surface area contributed by atoms with Crippen LogP contribution < -0.4 is 10.2 Å². The Balaban J connectivity index is 1.36. The summed E-state index contributed by atoms with van der Waals surface area (Å²) in [6.07, 6.45) is 7.57. The Hall–Kier alpha value is -3.34. The minimum absolute atomic E-state index is 0.268. The molecule has 1 aliphatic carbocycles. The Morgan fingerprint density at radius 2 is 2.03 bits per heavy atom. The average molecular weight is 399 g/mol. The first-order chi connectivity index (χ1) is 14.7. The van der Waals surface area contributed by atoms with Gasteiger partial charge in [-0.25, -0.2) is 4.79 Å². The summed E-state index contributed by atoms with van der Waals surface area (Å²) in [5.41, 5.74) is 7.66. The summed E-state index contributed by atoms with van der Waals surface area (Å²) in [4.78, 5) is 18.0. The molecule has 1 aliphatic heterocycles. The van der Waals surface area contributed by atoms with Crippen molar-refractivity contribution in [3.05, 3.63) is 83.2 Å². The number of anilines is 3. The van der Waals surface area contributed by atoms with Gasteiger partial charge in [0.2, 0.25) is 0 Å². The third-order valence-corrected chi connectivity index (χ3v) is 6.35. The molecule has 2 N–H and O–H groups in total. The molecule has 30 heavy (non-hydrogen) atoms. The molecule has 1 aromatic heterocycles. The van der Waals surface area contributed by atoms with Crippen molar-refractivity contribution in [1.29, 1.82) is 0 Å². The molecule has 5 nitrogen and oxygen atoms in total. The van der Waals surface area contributed by atoms with E-state index in [1.165, 1.54) is 34.3 Å². The molecule has 2 aliphatic rings. The summed E-state index contributed by atoms with van der Waals surface area (Å²) in [5.74, 6) is -0.560. The van der Waals surface area contributed by atoms with E-state index in [9.17, 15) is 9.90 Å². The second-order valence-corrected chi connectivity index (χ2v) is 8.11. The lowest BCUT2D eigenvalue weighted by atomic mass is 9.82. The van der Waals surface area contributed by atoms with Crippen LogP contribution in [0.25, 0.3) is 0 Å². The molecule has 1 unspecified atom stereocenters. The second-order valence-electron chi connectivity index (χ2n) is 8.11. The highest BCUT2D eigenvalue weighted by Crippen LogP contribution is 2.38. The van der Waals surface area contributed by atoms with Crippen molar-refractivity contribution in [1.82, 2.24) is 4.98 Å². The molecule has 2 aromatic carbocycles. The van der Waals surface area contributed by atoms with Gasteiger partial charge in [-0.3, -0.25) is 4.98 Å². The molecule has 0 spiro atoms. The van der Waals surface area contributed by atoms with Gasteiger partial charge in [-0.05, 0) is 66.6 Å². The smallest absolute Gasteiger partial charge is 0.337 e. The standard InChI is InChI=1S/C25H25N3O2/c29-25(30)22-10-12-26-16-23(22)27-15-19-6-3-5-18-14-20(8-9-21(18)19)28-13-11-17-4-1-2-7-24(17)28/h1-2,4,7-10,12,14,16,19,27H,3,5-6,11,13,15H2,(H,29,30). The zero-order chi connectivity index (χ0) is 20.5. The van der Waals surface area contributed by atoms with E-state index < -0.39 is 5.97 Å². The Bertz CT molecular complexity index is 1100. The monoisotopic (exact) mass is 399 g/mol. The topological polar surface area (TPSA) is 65.5 Å². The van der Waals surface area contributed by atoms with Crippen molar-refractivity contribution < 1.29 is 9.90 Å². The van der Waals surface area contributed by atoms with E-state index in [2.05, 4.69) is 57.7 Å². The number of pyridine rings is 1. The minimum atomic E-state index is -0.931. The fourth-order valence-corrected chi connectivity index (χ4v) is 4.84. The van der Waals surface area contributed by atoms with Crippen LogP contribution in [0, 0.1) is 0 Å². The number of carboxylic acids is 1. The Morgan fingerprint density at radius 1 is 1.13 bits per heavy atom. The average Bonchev–Trinajstić information content (AvgIpc) is 3.21. The number of hydrogen-bond acceptors (Lipinski definition) is 4. The predicted octanol–water partition coefficient (Wildman–Crippen LogP) is 5.01. The molecule has 2 heterocycles. The second kappa shape index (κ2) is 7.82. The van der Waals surface area contributed by atoms with Crippen LogP contribution in [0.5, 0.6) is 0 Å². The van der Waals surface area contributed by atoms with E-state index >= 15 is 0 Å². The van der Waals surface area contributed by atoms with E-state index in [0.717, 1.165) is 32.2 Å². The van der Waals surface area contributed by atoms with Gasteiger partial charge >= 0.3 is 5.97 Å². The summed E-state index contributed by atoms with van der Waals surface area (Å²) in [6, 6.07) is 17.1. The highest BCUT2D eigenvalue weighted by molar-refractivity contribution is 5.93. The maximum atomic E-state index is 11.4. The lowest BCUT2D eigenvalue weighted by Gasteiger charge is -2.28. The molecular weight excluding hydrogens is 374 g/mol. The molecule has 0 fully saturated rings. The number of nitrogens with one attached hydrogen (secondary N) is 1. The van der Waals surface area contributed by atoms with Crippen LogP contribution in [-0.4, -0.2) is 29.1 Å². The molecule has 0 radical (unpaired) electrons. The number of carboxylic acid groups (broad SMARTS) is 1. The molecule has 0 saturated carbocycles. The van der Waals surface area contributed by atoms with Gasteiger partial charge < -0.3 is 15.3 Å². The SMILES string of the molecule is O=C(O)c1ccncc1NCC1CCCc2cc(N3CCc4ccccc43)ccc21. The summed E-state index contributed by atoms with van der Waals surface area (Å²) in [6.45, 7) is 1.74. The van der Waals surface area contributed by atoms with Crippen LogP contribution in [-0.2, 0) is 12.8 Å². The van der Waals surface area contributed by atoms with Gasteiger partial charge in [-0.2, -0.15) is 0 Å². The predicted molar refractivity (Wildman–Crippen MR) is 119 cm³/mol. The highest BCUT2D eigenvalue weighted by atomic mass is 16.4. The van der Waals surface area contributed by atoms with Gasteiger partial charge in [0.15, 0.2) is 0 Å². The van der Waals surface area contributed by atoms with Crippen LogP contribution in [0.15, 0.2) is 60.9 Å². The Labute approximate surface area is 176 Å². The number of rotatable bonds is 5. The van der Waals surface area contributed by atoms with Crippen LogP contribution in [0.1, 0.15) is 45.8 Å². The Morgan fingerprint density at radius 3 is 2.93 bits per heavy atom. The van der Waals surface area contributed by atoms with Gasteiger partial charge in [0.05, 0.1) is 17.4 Å². The molecule has 1 atom stereocenters. The zero-order valence-electron chi connectivity index (χ0n) is 16.8. The zero-order valence-corrected chi connectivity index (χ0v) is 16.8. The van der Waals surface area contributed by atoms with Gasteiger partial charge in [0, 0.05) is 36.6 Å². The fraction of sp³-hybridized carbons (Fsp3) is 0.280. The number of benzene rings is 2. The van der Waals surface area contributed by atoms with Crippen molar-refractivity contribution in [2.24, 2.45) is 0 Å². The first-order valence-corrected chi connectivity index (χ1v) is 10.6. The van der Waals surface area contributed by atoms with Crippen LogP contribution >= 0.6 is 0 Å². The summed E-state index contributed by atoms with van der Waals surface area (Å²) >= 11 is 0. The fourth-order valence-electron chi connectivity index (χ4n) is 4.84. The van der Waals surface area contributed by atoms with Crippen molar-refractivity contribution in [2.45, 2.75) is 31.6 Å². The number of fused-ring (bicyclic) bond motifs is 2. The van der Waals surface area contributed by atoms with Gasteiger partial charge in [-0.15, -0.1) is 0 Å². The summed E-state index contributed by atoms with van der Waals surface area (Å²) < 4.78 is 0. The van der Waals surface area contributed by atoms with Gasteiger partial charge in [-0.1, -0.05) is 24.3 Å². The number of nitrogens with zero attached hydrogens (tertiary/aromatic N) is 2. The van der Waals surface area contributed by atoms with Gasteiger partial charge in [0.25, 0.3) is 0 Å². The molecule has 152 valence electrons. The number of para-hydroxylation sites is 1. The van der Waals surface area contributed by atoms with Crippen molar-refractivity contribution >= 4 is 23.0 Å². The van der Waals surface area contributed by atoms with Crippen LogP contribution in [0.3, 0.4) is 0 Å². The lowest BCUT2D eigenvalue weighted by molar-refractivity contribution is 0.0698. The maximum absolute atomic E-state index is 11.4. The molecule has 0 amide bonds. The molecular formula is C25H25N3O2. The summed E-state index contributed by atoms with van der Waals surface area (Å²) in [7, 11) is 0. The molecule has 3 aromatic rings. The van der Waals surface area contributed by atoms with Gasteiger partial charge in [0.1, 0.15) is 0 Å². The number of aryl methyl sites for hydroxylation is 1. The Kier molecular flexibility index (Phi) is 4.87. The minimum Gasteiger partial charge on any atom is -0.478 e. The number of aromatic carboxylic acids is 1.